The minimum atomic E-state index is -0.391. The predicted molar refractivity (Wildman–Crippen MR) is 78.9 cm³/mol. The summed E-state index contributed by atoms with van der Waals surface area (Å²) in [6.45, 7) is 4.94. The molecule has 0 saturated heterocycles. The van der Waals surface area contributed by atoms with Crippen molar-refractivity contribution in [3.05, 3.63) is 41.0 Å². The first-order chi connectivity index (χ1) is 9.65. The molecule has 1 heterocycles. The number of benzene rings is 1. The van der Waals surface area contributed by atoms with E-state index >= 15 is 0 Å². The number of aryl methyl sites for hydroxylation is 1. The maximum atomic E-state index is 11.8. The van der Waals surface area contributed by atoms with Crippen molar-refractivity contribution < 1.29 is 9.53 Å². The maximum Gasteiger partial charge on any atom is 0.358 e. The van der Waals surface area contributed by atoms with Gasteiger partial charge in [-0.25, -0.2) is 4.79 Å². The van der Waals surface area contributed by atoms with Crippen LogP contribution in [0.1, 0.15) is 30.8 Å². The van der Waals surface area contributed by atoms with Crippen LogP contribution in [0.25, 0.3) is 11.3 Å². The highest BCUT2D eigenvalue weighted by Crippen LogP contribution is 2.23. The second-order valence-electron chi connectivity index (χ2n) is 4.37. The Kier molecular flexibility index (Phi) is 4.79. The molecule has 20 heavy (non-hydrogen) atoms. The van der Waals surface area contributed by atoms with E-state index < -0.39 is 5.97 Å². The van der Waals surface area contributed by atoms with Gasteiger partial charge in [0.1, 0.15) is 0 Å². The van der Waals surface area contributed by atoms with E-state index in [1.54, 1.807) is 13.0 Å². The predicted octanol–water partition coefficient (Wildman–Crippen LogP) is 3.79. The molecule has 0 spiro atoms. The van der Waals surface area contributed by atoms with Crippen molar-refractivity contribution >= 4 is 17.6 Å². The van der Waals surface area contributed by atoms with E-state index in [0.29, 0.717) is 17.3 Å². The summed E-state index contributed by atoms with van der Waals surface area (Å²) < 4.78 is 6.82. The van der Waals surface area contributed by atoms with Crippen LogP contribution in [0.2, 0.25) is 5.02 Å². The summed E-state index contributed by atoms with van der Waals surface area (Å²) in [5.74, 6) is -0.391. The number of ether oxygens (including phenoxy) is 1. The molecule has 2 aromatic rings. The third-order valence-electron chi connectivity index (χ3n) is 2.84. The highest BCUT2D eigenvalue weighted by atomic mass is 35.5. The minimum Gasteiger partial charge on any atom is -0.461 e. The summed E-state index contributed by atoms with van der Waals surface area (Å²) in [6, 6.07) is 9.24. The smallest absolute Gasteiger partial charge is 0.358 e. The van der Waals surface area contributed by atoms with Crippen molar-refractivity contribution in [2.45, 2.75) is 26.8 Å². The molecule has 0 aliphatic carbocycles. The molecular formula is C15H17ClN2O2. The molecule has 0 amide bonds. The first-order valence-electron chi connectivity index (χ1n) is 6.66. The lowest BCUT2D eigenvalue weighted by molar-refractivity contribution is 0.0518. The van der Waals surface area contributed by atoms with Crippen LogP contribution in [0.4, 0.5) is 0 Å². The average Bonchev–Trinajstić information content (AvgIpc) is 2.84. The molecule has 0 saturated carbocycles. The van der Waals surface area contributed by atoms with Crippen molar-refractivity contribution in [2.24, 2.45) is 0 Å². The molecule has 0 fully saturated rings. The van der Waals surface area contributed by atoms with Crippen LogP contribution in [0, 0.1) is 0 Å². The molecule has 2 rings (SSSR count). The quantitative estimate of drug-likeness (QED) is 0.788. The standard InChI is InChI=1S/C15H17ClN2O2/c1-3-9-18-14(11-5-7-12(16)8-6-11)10-13(17-18)15(19)20-4-2/h5-8,10H,3-4,9H2,1-2H3. The molecule has 0 aliphatic heterocycles. The van der Waals surface area contributed by atoms with E-state index in [1.807, 2.05) is 28.9 Å². The Morgan fingerprint density at radius 2 is 2.00 bits per heavy atom. The first-order valence-corrected chi connectivity index (χ1v) is 7.04. The molecule has 0 unspecified atom stereocenters. The van der Waals surface area contributed by atoms with Gasteiger partial charge in [-0.15, -0.1) is 0 Å². The second kappa shape index (κ2) is 6.57. The molecule has 0 radical (unpaired) electrons. The zero-order valence-electron chi connectivity index (χ0n) is 11.6. The molecule has 0 N–H and O–H groups in total. The van der Waals surface area contributed by atoms with Gasteiger partial charge in [-0.3, -0.25) is 4.68 Å². The monoisotopic (exact) mass is 292 g/mol. The van der Waals surface area contributed by atoms with Gasteiger partial charge in [0.2, 0.25) is 0 Å². The molecular weight excluding hydrogens is 276 g/mol. The van der Waals surface area contributed by atoms with Crippen molar-refractivity contribution in [3.63, 3.8) is 0 Å². The second-order valence-corrected chi connectivity index (χ2v) is 4.80. The molecule has 0 atom stereocenters. The van der Waals surface area contributed by atoms with Crippen LogP contribution >= 0.6 is 11.6 Å². The molecule has 4 nitrogen and oxygen atoms in total. The van der Waals surface area contributed by atoms with Gasteiger partial charge >= 0.3 is 5.97 Å². The third kappa shape index (κ3) is 3.20. The van der Waals surface area contributed by atoms with Gasteiger partial charge in [0, 0.05) is 11.6 Å². The van der Waals surface area contributed by atoms with E-state index in [0.717, 1.165) is 24.2 Å². The molecule has 5 heteroatoms. The van der Waals surface area contributed by atoms with Crippen LogP contribution < -0.4 is 0 Å². The SMILES string of the molecule is CCCn1nc(C(=O)OCC)cc1-c1ccc(Cl)cc1. The van der Waals surface area contributed by atoms with Crippen molar-refractivity contribution in [1.82, 2.24) is 9.78 Å². The maximum absolute atomic E-state index is 11.8. The van der Waals surface area contributed by atoms with Crippen molar-refractivity contribution in [2.75, 3.05) is 6.61 Å². The number of hydrogen-bond acceptors (Lipinski definition) is 3. The minimum absolute atomic E-state index is 0.338. The Bertz CT molecular complexity index is 590. The number of carbonyl (C=O) groups excluding carboxylic acids is 1. The third-order valence-corrected chi connectivity index (χ3v) is 3.09. The number of hydrogen-bond donors (Lipinski definition) is 0. The van der Waals surface area contributed by atoms with E-state index in [2.05, 4.69) is 12.0 Å². The van der Waals surface area contributed by atoms with Gasteiger partial charge in [0.25, 0.3) is 0 Å². The Morgan fingerprint density at radius 3 is 2.60 bits per heavy atom. The van der Waals surface area contributed by atoms with Crippen LogP contribution in [-0.4, -0.2) is 22.4 Å². The van der Waals surface area contributed by atoms with E-state index in [4.69, 9.17) is 16.3 Å². The number of carbonyl (C=O) groups is 1. The molecule has 0 aliphatic rings. The highest BCUT2D eigenvalue weighted by Gasteiger charge is 2.16. The van der Waals surface area contributed by atoms with Crippen LogP contribution in [0.3, 0.4) is 0 Å². The number of esters is 1. The molecule has 106 valence electrons. The Hall–Kier alpha value is -1.81. The van der Waals surface area contributed by atoms with E-state index in [1.165, 1.54) is 0 Å². The van der Waals surface area contributed by atoms with Gasteiger partial charge in [-0.2, -0.15) is 5.10 Å². The number of halogens is 1. The largest absolute Gasteiger partial charge is 0.461 e. The summed E-state index contributed by atoms with van der Waals surface area (Å²) >= 11 is 5.90. The summed E-state index contributed by atoms with van der Waals surface area (Å²) in [5, 5.41) is 5.01. The van der Waals surface area contributed by atoms with Crippen LogP contribution in [0.15, 0.2) is 30.3 Å². The molecule has 1 aromatic heterocycles. The number of rotatable bonds is 5. The van der Waals surface area contributed by atoms with Crippen LogP contribution in [0.5, 0.6) is 0 Å². The summed E-state index contributed by atoms with van der Waals surface area (Å²) in [4.78, 5) is 11.8. The lowest BCUT2D eigenvalue weighted by Gasteiger charge is -2.05. The number of aromatic nitrogens is 2. The Labute approximate surface area is 123 Å². The van der Waals surface area contributed by atoms with Gasteiger partial charge in [-0.1, -0.05) is 30.7 Å². The van der Waals surface area contributed by atoms with E-state index in [9.17, 15) is 4.79 Å². The summed E-state index contributed by atoms with van der Waals surface area (Å²) in [5.41, 5.74) is 2.21. The fourth-order valence-corrected chi connectivity index (χ4v) is 2.08. The van der Waals surface area contributed by atoms with Crippen molar-refractivity contribution in [1.29, 1.82) is 0 Å². The number of nitrogens with zero attached hydrogens (tertiary/aromatic N) is 2. The lowest BCUT2D eigenvalue weighted by Crippen LogP contribution is -2.07. The van der Waals surface area contributed by atoms with Gasteiger partial charge in [0.15, 0.2) is 5.69 Å². The highest BCUT2D eigenvalue weighted by molar-refractivity contribution is 6.30. The van der Waals surface area contributed by atoms with Gasteiger partial charge in [-0.05, 0) is 37.1 Å². The van der Waals surface area contributed by atoms with E-state index in [-0.39, 0.29) is 0 Å². The van der Waals surface area contributed by atoms with Gasteiger partial charge < -0.3 is 4.74 Å². The Morgan fingerprint density at radius 1 is 1.30 bits per heavy atom. The lowest BCUT2D eigenvalue weighted by atomic mass is 10.1. The zero-order chi connectivity index (χ0) is 14.5. The topological polar surface area (TPSA) is 44.1 Å². The average molecular weight is 293 g/mol. The fourth-order valence-electron chi connectivity index (χ4n) is 1.96. The molecule has 1 aromatic carbocycles. The van der Waals surface area contributed by atoms with Gasteiger partial charge in [0.05, 0.1) is 12.3 Å². The summed E-state index contributed by atoms with van der Waals surface area (Å²) in [7, 11) is 0. The normalized spacial score (nSPS) is 10.6. The van der Waals surface area contributed by atoms with Crippen LogP contribution in [-0.2, 0) is 11.3 Å². The van der Waals surface area contributed by atoms with Crippen molar-refractivity contribution in [3.8, 4) is 11.3 Å². The first kappa shape index (κ1) is 14.6. The fraction of sp³-hybridized carbons (Fsp3) is 0.333. The zero-order valence-corrected chi connectivity index (χ0v) is 12.4. The Balaban J connectivity index is 2.39. The summed E-state index contributed by atoms with van der Waals surface area (Å²) in [6.07, 6.45) is 0.935. The molecule has 0 bridgehead atoms.